The maximum absolute atomic E-state index is 12.0. The molecule has 0 aromatic rings. The fourth-order valence-corrected chi connectivity index (χ4v) is 3.13. The Bertz CT molecular complexity index is 278. The molecular formula is C14H27N3O. The van der Waals surface area contributed by atoms with Gasteiger partial charge in [-0.3, -0.25) is 9.69 Å². The first-order chi connectivity index (χ1) is 8.71. The Kier molecular flexibility index (Phi) is 5.01. The average Bonchev–Trinajstić information content (AvgIpc) is 2.70. The van der Waals surface area contributed by atoms with E-state index in [0.717, 1.165) is 25.9 Å². The van der Waals surface area contributed by atoms with Crippen molar-refractivity contribution in [1.29, 1.82) is 0 Å². The van der Waals surface area contributed by atoms with E-state index in [1.807, 2.05) is 0 Å². The first-order valence-corrected chi connectivity index (χ1v) is 7.49. The lowest BCUT2D eigenvalue weighted by Crippen LogP contribution is -2.44. The zero-order valence-corrected chi connectivity index (χ0v) is 11.7. The van der Waals surface area contributed by atoms with Crippen LogP contribution >= 0.6 is 0 Å². The van der Waals surface area contributed by atoms with Gasteiger partial charge in [-0.1, -0.05) is 13.8 Å². The van der Waals surface area contributed by atoms with Crippen LogP contribution in [0.4, 0.5) is 0 Å². The normalized spacial score (nSPS) is 28.4. The van der Waals surface area contributed by atoms with Gasteiger partial charge >= 0.3 is 0 Å². The molecule has 104 valence electrons. The molecule has 0 aromatic heterocycles. The molecule has 0 spiro atoms. The van der Waals surface area contributed by atoms with Crippen LogP contribution in [0.3, 0.4) is 0 Å². The highest BCUT2D eigenvalue weighted by molar-refractivity contribution is 5.78. The van der Waals surface area contributed by atoms with Gasteiger partial charge in [0.25, 0.3) is 0 Å². The van der Waals surface area contributed by atoms with Gasteiger partial charge in [0, 0.05) is 31.2 Å². The minimum absolute atomic E-state index is 0.196. The summed E-state index contributed by atoms with van der Waals surface area (Å²) < 4.78 is 0. The van der Waals surface area contributed by atoms with Gasteiger partial charge in [-0.15, -0.1) is 0 Å². The summed E-state index contributed by atoms with van der Waals surface area (Å²) in [7, 11) is 0. The summed E-state index contributed by atoms with van der Waals surface area (Å²) in [4.78, 5) is 14.3. The number of amides is 1. The Labute approximate surface area is 110 Å². The molecule has 4 nitrogen and oxygen atoms in total. The number of hydrogen-bond donors (Lipinski definition) is 2. The number of hydrogen-bond acceptors (Lipinski definition) is 3. The fourth-order valence-electron chi connectivity index (χ4n) is 3.13. The smallest absolute Gasteiger partial charge is 0.234 e. The molecule has 0 saturated carbocycles. The van der Waals surface area contributed by atoms with Crippen molar-refractivity contribution in [2.24, 2.45) is 0 Å². The maximum Gasteiger partial charge on any atom is 0.234 e. The first-order valence-electron chi connectivity index (χ1n) is 7.49. The van der Waals surface area contributed by atoms with Crippen LogP contribution in [0.5, 0.6) is 0 Å². The van der Waals surface area contributed by atoms with E-state index in [-0.39, 0.29) is 5.91 Å². The minimum atomic E-state index is 0.196. The molecule has 2 atom stereocenters. The van der Waals surface area contributed by atoms with Crippen molar-refractivity contribution in [3.63, 3.8) is 0 Å². The van der Waals surface area contributed by atoms with Gasteiger partial charge in [-0.2, -0.15) is 0 Å². The Morgan fingerprint density at radius 3 is 2.72 bits per heavy atom. The standard InChI is InChI=1S/C14H27N3O/c1-3-11(4-2)16-14(18)10-17-8-7-12-5-6-13(9-17)15-12/h11-13,15H,3-10H2,1-2H3,(H,16,18). The molecule has 2 aliphatic heterocycles. The third-order valence-electron chi connectivity index (χ3n) is 4.33. The fraction of sp³-hybridized carbons (Fsp3) is 0.929. The molecule has 18 heavy (non-hydrogen) atoms. The summed E-state index contributed by atoms with van der Waals surface area (Å²) in [5.74, 6) is 0.196. The summed E-state index contributed by atoms with van der Waals surface area (Å²) in [5, 5.41) is 6.77. The van der Waals surface area contributed by atoms with E-state index < -0.39 is 0 Å². The lowest BCUT2D eigenvalue weighted by Gasteiger charge is -2.24. The first kappa shape index (κ1) is 13.8. The van der Waals surface area contributed by atoms with Gasteiger partial charge in [0.1, 0.15) is 0 Å². The van der Waals surface area contributed by atoms with E-state index in [9.17, 15) is 4.79 Å². The van der Waals surface area contributed by atoms with Crippen molar-refractivity contribution in [3.05, 3.63) is 0 Å². The average molecular weight is 253 g/mol. The Hall–Kier alpha value is -0.610. The molecule has 0 radical (unpaired) electrons. The number of carbonyl (C=O) groups is 1. The van der Waals surface area contributed by atoms with Crippen LogP contribution in [0.25, 0.3) is 0 Å². The van der Waals surface area contributed by atoms with Gasteiger partial charge in [0.2, 0.25) is 5.91 Å². The van der Waals surface area contributed by atoms with Crippen LogP contribution in [0.15, 0.2) is 0 Å². The van der Waals surface area contributed by atoms with Crippen LogP contribution in [-0.4, -0.2) is 48.6 Å². The van der Waals surface area contributed by atoms with E-state index in [0.29, 0.717) is 24.7 Å². The van der Waals surface area contributed by atoms with Crippen LogP contribution in [0, 0.1) is 0 Å². The highest BCUT2D eigenvalue weighted by atomic mass is 16.2. The summed E-state index contributed by atoms with van der Waals surface area (Å²) in [6.07, 6.45) is 5.82. The molecule has 1 amide bonds. The van der Waals surface area contributed by atoms with E-state index in [4.69, 9.17) is 0 Å². The molecule has 0 aliphatic carbocycles. The topological polar surface area (TPSA) is 44.4 Å². The number of carbonyl (C=O) groups excluding carboxylic acids is 1. The quantitative estimate of drug-likeness (QED) is 0.771. The second kappa shape index (κ2) is 6.53. The largest absolute Gasteiger partial charge is 0.352 e. The number of rotatable bonds is 5. The van der Waals surface area contributed by atoms with Crippen molar-refractivity contribution in [1.82, 2.24) is 15.5 Å². The number of nitrogens with zero attached hydrogens (tertiary/aromatic N) is 1. The molecule has 2 saturated heterocycles. The van der Waals surface area contributed by atoms with Crippen LogP contribution in [-0.2, 0) is 4.79 Å². The third kappa shape index (κ3) is 3.69. The Balaban J connectivity index is 1.76. The molecule has 2 fully saturated rings. The number of fused-ring (bicyclic) bond motifs is 2. The molecule has 4 heteroatoms. The monoisotopic (exact) mass is 253 g/mol. The predicted octanol–water partition coefficient (Wildman–Crippen LogP) is 1.12. The molecular weight excluding hydrogens is 226 g/mol. The van der Waals surface area contributed by atoms with Crippen molar-refractivity contribution in [2.75, 3.05) is 19.6 Å². The predicted molar refractivity (Wildman–Crippen MR) is 73.5 cm³/mol. The maximum atomic E-state index is 12.0. The van der Waals surface area contributed by atoms with Crippen LogP contribution in [0.2, 0.25) is 0 Å². The molecule has 2 N–H and O–H groups in total. The van der Waals surface area contributed by atoms with Gasteiger partial charge in [0.15, 0.2) is 0 Å². The van der Waals surface area contributed by atoms with Gasteiger partial charge in [0.05, 0.1) is 6.54 Å². The zero-order chi connectivity index (χ0) is 13.0. The number of likely N-dealkylation sites (tertiary alicyclic amines) is 1. The van der Waals surface area contributed by atoms with E-state index in [1.165, 1.54) is 19.3 Å². The number of nitrogens with one attached hydrogen (secondary N) is 2. The van der Waals surface area contributed by atoms with E-state index >= 15 is 0 Å². The summed E-state index contributed by atoms with van der Waals surface area (Å²) in [6, 6.07) is 1.65. The highest BCUT2D eigenvalue weighted by Crippen LogP contribution is 2.20. The highest BCUT2D eigenvalue weighted by Gasteiger charge is 2.29. The van der Waals surface area contributed by atoms with Crippen molar-refractivity contribution in [2.45, 2.75) is 64.1 Å². The molecule has 2 heterocycles. The second-order valence-electron chi connectivity index (χ2n) is 5.74. The molecule has 2 rings (SSSR count). The lowest BCUT2D eigenvalue weighted by molar-refractivity contribution is -0.123. The third-order valence-corrected chi connectivity index (χ3v) is 4.33. The minimum Gasteiger partial charge on any atom is -0.352 e. The van der Waals surface area contributed by atoms with E-state index in [1.54, 1.807) is 0 Å². The molecule has 2 unspecified atom stereocenters. The Morgan fingerprint density at radius 2 is 2.00 bits per heavy atom. The SMILES string of the molecule is CCC(CC)NC(=O)CN1CCC2CCC(C1)N2. The molecule has 0 aromatic carbocycles. The summed E-state index contributed by atoms with van der Waals surface area (Å²) in [6.45, 7) is 6.92. The van der Waals surface area contributed by atoms with Gasteiger partial charge < -0.3 is 10.6 Å². The summed E-state index contributed by atoms with van der Waals surface area (Å²) in [5.41, 5.74) is 0. The van der Waals surface area contributed by atoms with Gasteiger partial charge in [-0.25, -0.2) is 0 Å². The van der Waals surface area contributed by atoms with Crippen molar-refractivity contribution < 1.29 is 4.79 Å². The zero-order valence-electron chi connectivity index (χ0n) is 11.7. The van der Waals surface area contributed by atoms with Crippen molar-refractivity contribution >= 4 is 5.91 Å². The second-order valence-corrected chi connectivity index (χ2v) is 5.74. The lowest BCUT2D eigenvalue weighted by atomic mass is 10.1. The molecule has 2 bridgehead atoms. The van der Waals surface area contributed by atoms with Gasteiger partial charge in [-0.05, 0) is 32.1 Å². The molecule has 2 aliphatic rings. The van der Waals surface area contributed by atoms with Crippen LogP contribution in [0.1, 0.15) is 46.0 Å². The Morgan fingerprint density at radius 1 is 1.28 bits per heavy atom. The van der Waals surface area contributed by atoms with Crippen LogP contribution < -0.4 is 10.6 Å². The summed E-state index contributed by atoms with van der Waals surface area (Å²) >= 11 is 0. The van der Waals surface area contributed by atoms with E-state index in [2.05, 4.69) is 29.4 Å². The van der Waals surface area contributed by atoms with Crippen molar-refractivity contribution in [3.8, 4) is 0 Å².